The van der Waals surface area contributed by atoms with Gasteiger partial charge in [-0.1, -0.05) is 200 Å². The van der Waals surface area contributed by atoms with E-state index in [-0.39, 0.29) is 0 Å². The van der Waals surface area contributed by atoms with E-state index in [0.717, 1.165) is 55.6 Å². The van der Waals surface area contributed by atoms with Crippen LogP contribution in [0, 0.1) is 0 Å². The first-order chi connectivity index (χ1) is 40.2. The summed E-state index contributed by atoms with van der Waals surface area (Å²) in [7, 11) is 0. The van der Waals surface area contributed by atoms with Gasteiger partial charge in [0, 0.05) is 56.3 Å². The molecule has 11 aromatic rings. The Balaban J connectivity index is 0.815. The predicted octanol–water partition coefficient (Wildman–Crippen LogP) is 21.2. The third-order valence-corrected chi connectivity index (χ3v) is 16.6. The van der Waals surface area contributed by atoms with Crippen molar-refractivity contribution >= 4 is 45.4 Å². The fourth-order valence-corrected chi connectivity index (χ4v) is 12.5. The van der Waals surface area contributed by atoms with E-state index in [1.165, 1.54) is 112 Å². The maximum Gasteiger partial charge on any atom is 0.0538 e. The monoisotopic (exact) mass is 1040 g/mol. The SMILES string of the molecule is C1=C(C2=CC=C(N(c3ccccc3)c3ccccc3)CC2)CCC(C2=Cc3c(n(-c4ccc(-c5ccccc5)cc4-c4ccccc4)c4ccc(-c5ccc(-c6ccc(N(c7ccccc7)c7ccccc7)cc6)cc5)cc34)CC2)=C1. The number of nitrogens with zero attached hydrogens (tertiary/aromatic N) is 3. The highest BCUT2D eigenvalue weighted by atomic mass is 15.2. The van der Waals surface area contributed by atoms with Gasteiger partial charge in [0.15, 0.2) is 0 Å². The molecule has 0 N–H and O–H groups in total. The smallest absolute Gasteiger partial charge is 0.0538 e. The predicted molar refractivity (Wildman–Crippen MR) is 342 cm³/mol. The molecule has 3 aliphatic rings. The van der Waals surface area contributed by atoms with Crippen LogP contribution in [0.5, 0.6) is 0 Å². The van der Waals surface area contributed by atoms with Crippen molar-refractivity contribution in [3.63, 3.8) is 0 Å². The Hall–Kier alpha value is -9.96. The van der Waals surface area contributed by atoms with E-state index in [9.17, 15) is 0 Å². The van der Waals surface area contributed by atoms with E-state index in [1.807, 2.05) is 0 Å². The molecule has 0 spiro atoms. The molecule has 0 fully saturated rings. The topological polar surface area (TPSA) is 11.4 Å². The number of aromatic nitrogens is 1. The third-order valence-electron chi connectivity index (χ3n) is 16.6. The highest BCUT2D eigenvalue weighted by Crippen LogP contribution is 2.45. The van der Waals surface area contributed by atoms with Crippen LogP contribution in [0.25, 0.3) is 67.2 Å². The zero-order valence-electron chi connectivity index (χ0n) is 45.4. The van der Waals surface area contributed by atoms with Gasteiger partial charge in [0.2, 0.25) is 0 Å². The number of fused-ring (bicyclic) bond motifs is 3. The molecule has 81 heavy (non-hydrogen) atoms. The molecule has 0 saturated carbocycles. The summed E-state index contributed by atoms with van der Waals surface area (Å²) in [5.41, 5.74) is 27.8. The van der Waals surface area contributed by atoms with Gasteiger partial charge in [-0.05, 0) is 197 Å². The highest BCUT2D eigenvalue weighted by molar-refractivity contribution is 5.98. The van der Waals surface area contributed by atoms with E-state index in [4.69, 9.17) is 0 Å². The Kier molecular flexibility index (Phi) is 13.4. The summed E-state index contributed by atoms with van der Waals surface area (Å²) < 4.78 is 2.59. The Labute approximate surface area is 476 Å². The van der Waals surface area contributed by atoms with Crippen LogP contribution in [0.3, 0.4) is 0 Å². The van der Waals surface area contributed by atoms with Crippen molar-refractivity contribution in [3.05, 3.63) is 330 Å². The van der Waals surface area contributed by atoms with Crippen molar-refractivity contribution in [1.82, 2.24) is 4.57 Å². The summed E-state index contributed by atoms with van der Waals surface area (Å²) in [6.07, 6.45) is 18.2. The molecule has 10 aromatic carbocycles. The zero-order chi connectivity index (χ0) is 53.9. The van der Waals surface area contributed by atoms with Gasteiger partial charge in [-0.3, -0.25) is 0 Å². The molecule has 3 aliphatic carbocycles. The Morgan fingerprint density at radius 1 is 0.284 bits per heavy atom. The Morgan fingerprint density at radius 2 is 0.679 bits per heavy atom. The molecule has 0 aliphatic heterocycles. The van der Waals surface area contributed by atoms with E-state index >= 15 is 0 Å². The summed E-state index contributed by atoms with van der Waals surface area (Å²) in [5.74, 6) is 0. The maximum atomic E-state index is 2.59. The minimum absolute atomic E-state index is 0.952. The number of hydrogen-bond acceptors (Lipinski definition) is 2. The maximum absolute atomic E-state index is 2.59. The van der Waals surface area contributed by atoms with Crippen LogP contribution >= 0.6 is 0 Å². The zero-order valence-corrected chi connectivity index (χ0v) is 45.4. The Bertz CT molecular complexity index is 4130. The molecule has 0 bridgehead atoms. The minimum atomic E-state index is 0.952. The molecular weight excluding hydrogens is 979 g/mol. The van der Waals surface area contributed by atoms with E-state index in [1.54, 1.807) is 0 Å². The lowest BCUT2D eigenvalue weighted by Crippen LogP contribution is -2.18. The van der Waals surface area contributed by atoms with Gasteiger partial charge in [-0.2, -0.15) is 0 Å². The number of rotatable bonds is 13. The van der Waals surface area contributed by atoms with Crippen LogP contribution in [0.15, 0.2) is 319 Å². The fraction of sp³-hybridized carbons (Fsp3) is 0.0769. The fourth-order valence-electron chi connectivity index (χ4n) is 12.5. The summed E-state index contributed by atoms with van der Waals surface area (Å²) in [5, 5.41) is 1.29. The van der Waals surface area contributed by atoms with Gasteiger partial charge in [0.1, 0.15) is 0 Å². The Morgan fingerprint density at radius 3 is 1.21 bits per heavy atom. The van der Waals surface area contributed by atoms with Crippen molar-refractivity contribution in [1.29, 1.82) is 0 Å². The van der Waals surface area contributed by atoms with Gasteiger partial charge >= 0.3 is 0 Å². The molecule has 388 valence electrons. The van der Waals surface area contributed by atoms with Gasteiger partial charge in [0.25, 0.3) is 0 Å². The van der Waals surface area contributed by atoms with Crippen LogP contribution in [0.4, 0.5) is 28.4 Å². The molecule has 1 heterocycles. The van der Waals surface area contributed by atoms with E-state index in [2.05, 4.69) is 312 Å². The van der Waals surface area contributed by atoms with Gasteiger partial charge in [0.05, 0.1) is 11.2 Å². The molecule has 0 saturated heterocycles. The van der Waals surface area contributed by atoms with Crippen molar-refractivity contribution < 1.29 is 0 Å². The first-order valence-corrected chi connectivity index (χ1v) is 28.6. The largest absolute Gasteiger partial charge is 0.314 e. The first-order valence-electron chi connectivity index (χ1n) is 28.6. The van der Waals surface area contributed by atoms with Gasteiger partial charge < -0.3 is 14.4 Å². The highest BCUT2D eigenvalue weighted by Gasteiger charge is 2.26. The van der Waals surface area contributed by atoms with Gasteiger partial charge in [-0.25, -0.2) is 0 Å². The number of allylic oxidation sites excluding steroid dienone is 9. The van der Waals surface area contributed by atoms with Crippen LogP contribution in [-0.2, 0) is 6.42 Å². The molecule has 0 atom stereocenters. The van der Waals surface area contributed by atoms with E-state index in [0.29, 0.717) is 0 Å². The molecule has 0 amide bonds. The standard InChI is InChI=1S/C78H61N3/c1-7-19-56(20-8-1)64-43-50-76(73(53-64)63-21-9-2-10-22-63)81-77-51-44-65(61-35-31-57(32-36-61)59-39-46-71(47-40-59)79(67-23-11-3-12-24-67)68-25-13-4-14-26-68)54-74(77)75-55-66(45-52-78(75)81)62-37-33-58(34-38-62)60-41-48-72(49-42-60)80(69-27-15-5-16-28-69)70-29-17-6-18-30-70/h1-33,35-37,39-41,43-44,46-48,50-51,53-55H,34,38,42,45,49,52H2. The molecule has 3 nitrogen and oxygen atoms in total. The quantitative estimate of drug-likeness (QED) is 0.114. The molecule has 0 radical (unpaired) electrons. The van der Waals surface area contributed by atoms with Gasteiger partial charge in [-0.15, -0.1) is 0 Å². The first kappa shape index (κ1) is 49.3. The summed E-state index contributed by atoms with van der Waals surface area (Å²) >= 11 is 0. The van der Waals surface area contributed by atoms with Crippen molar-refractivity contribution in [3.8, 4) is 50.2 Å². The molecule has 3 heteroatoms. The number of benzene rings is 10. The second-order valence-corrected chi connectivity index (χ2v) is 21.4. The summed E-state index contributed by atoms with van der Waals surface area (Å²) in [6, 6.07) is 96.8. The third kappa shape index (κ3) is 9.89. The molecule has 14 rings (SSSR count). The minimum Gasteiger partial charge on any atom is -0.314 e. The van der Waals surface area contributed by atoms with Crippen LogP contribution < -0.4 is 9.80 Å². The second-order valence-electron chi connectivity index (χ2n) is 21.4. The van der Waals surface area contributed by atoms with Crippen molar-refractivity contribution in [2.75, 3.05) is 9.80 Å². The summed E-state index contributed by atoms with van der Waals surface area (Å²) in [4.78, 5) is 4.72. The normalized spacial score (nSPS) is 14.0. The number of para-hydroxylation sites is 4. The lowest BCUT2D eigenvalue weighted by molar-refractivity contribution is 0.815. The molecular formula is C78H61N3. The molecule has 0 unspecified atom stereocenters. The summed E-state index contributed by atoms with van der Waals surface area (Å²) in [6.45, 7) is 0. The number of hydrogen-bond donors (Lipinski definition) is 0. The van der Waals surface area contributed by atoms with Crippen LogP contribution in [-0.4, -0.2) is 4.57 Å². The van der Waals surface area contributed by atoms with Crippen molar-refractivity contribution in [2.45, 2.75) is 38.5 Å². The van der Waals surface area contributed by atoms with Crippen molar-refractivity contribution in [2.24, 2.45) is 0 Å². The van der Waals surface area contributed by atoms with Crippen LogP contribution in [0.2, 0.25) is 0 Å². The molecule has 1 aromatic heterocycles. The van der Waals surface area contributed by atoms with E-state index < -0.39 is 0 Å². The second kappa shape index (κ2) is 22.1. The average Bonchev–Trinajstić information content (AvgIpc) is 3.94. The lowest BCUT2D eigenvalue weighted by Gasteiger charge is -2.30. The van der Waals surface area contributed by atoms with Crippen LogP contribution in [0.1, 0.15) is 43.4 Å². The lowest BCUT2D eigenvalue weighted by atomic mass is 9.83. The average molecular weight is 1040 g/mol. The number of anilines is 5.